The Morgan fingerprint density at radius 3 is 2.79 bits per heavy atom. The summed E-state index contributed by atoms with van der Waals surface area (Å²) < 4.78 is 28.4. The summed E-state index contributed by atoms with van der Waals surface area (Å²) in [5.74, 6) is 0. The van der Waals surface area contributed by atoms with Crippen molar-refractivity contribution in [3.05, 3.63) is 76.2 Å². The van der Waals surface area contributed by atoms with E-state index < -0.39 is 10.0 Å². The van der Waals surface area contributed by atoms with E-state index in [0.29, 0.717) is 25.1 Å². The quantitative estimate of drug-likeness (QED) is 0.699. The molecule has 6 nitrogen and oxygen atoms in total. The summed E-state index contributed by atoms with van der Waals surface area (Å²) in [6.45, 7) is 1.19. The summed E-state index contributed by atoms with van der Waals surface area (Å²) in [7, 11) is -3.61. The van der Waals surface area contributed by atoms with Gasteiger partial charge in [0.2, 0.25) is 10.0 Å². The van der Waals surface area contributed by atoms with Gasteiger partial charge in [-0.25, -0.2) is 13.1 Å². The van der Waals surface area contributed by atoms with Crippen molar-refractivity contribution in [3.63, 3.8) is 0 Å². The lowest BCUT2D eigenvalue weighted by Crippen LogP contribution is -2.48. The fraction of sp³-hybridized carbons (Fsp3) is 0.200. The summed E-state index contributed by atoms with van der Waals surface area (Å²) in [6.07, 6.45) is 2.36. The largest absolute Gasteiger partial charge is 0.364 e. The molecule has 4 rings (SSSR count). The summed E-state index contributed by atoms with van der Waals surface area (Å²) in [4.78, 5) is 7.62. The number of hydrogen-bond donors (Lipinski definition) is 1. The first-order valence-electron chi connectivity index (χ1n) is 8.78. The molecule has 2 aromatic carbocycles. The van der Waals surface area contributed by atoms with Gasteiger partial charge in [-0.3, -0.25) is 4.98 Å². The Bertz CT molecular complexity index is 1110. The average Bonchev–Trinajstić information content (AvgIpc) is 3.21. The van der Waals surface area contributed by atoms with Gasteiger partial charge in [0.1, 0.15) is 0 Å². The first kappa shape index (κ1) is 18.6. The zero-order valence-electron chi connectivity index (χ0n) is 14.9. The van der Waals surface area contributed by atoms with Crippen molar-refractivity contribution in [3.8, 4) is 6.07 Å². The van der Waals surface area contributed by atoms with Crippen LogP contribution in [0.3, 0.4) is 0 Å². The third kappa shape index (κ3) is 3.92. The molecule has 0 saturated carbocycles. The number of nitrogens with one attached hydrogen (secondary N) is 1. The van der Waals surface area contributed by atoms with E-state index in [4.69, 9.17) is 0 Å². The van der Waals surface area contributed by atoms with E-state index in [0.717, 1.165) is 16.1 Å². The van der Waals surface area contributed by atoms with Crippen LogP contribution in [0.2, 0.25) is 0 Å². The highest BCUT2D eigenvalue weighted by atomic mass is 32.2. The molecule has 0 amide bonds. The Morgan fingerprint density at radius 1 is 1.25 bits per heavy atom. The lowest BCUT2D eigenvalue weighted by Gasteiger charge is -2.36. The van der Waals surface area contributed by atoms with Crippen LogP contribution in [0.15, 0.2) is 65.1 Å². The molecule has 0 spiro atoms. The van der Waals surface area contributed by atoms with E-state index in [9.17, 15) is 13.7 Å². The van der Waals surface area contributed by atoms with Crippen LogP contribution < -0.4 is 9.62 Å². The molecule has 1 aromatic heterocycles. The molecule has 0 aliphatic carbocycles. The second kappa shape index (κ2) is 7.72. The molecule has 1 N–H and O–H groups in total. The normalized spacial score (nSPS) is 16.4. The molecule has 28 heavy (non-hydrogen) atoms. The number of anilines is 1. The van der Waals surface area contributed by atoms with Gasteiger partial charge in [-0.15, -0.1) is 11.3 Å². The highest BCUT2D eigenvalue weighted by Crippen LogP contribution is 2.30. The molecule has 142 valence electrons. The van der Waals surface area contributed by atoms with Gasteiger partial charge in [0, 0.05) is 29.3 Å². The number of rotatable bonds is 5. The zero-order chi connectivity index (χ0) is 19.6. The number of hydrogen-bond acceptors (Lipinski definition) is 6. The second-order valence-electron chi connectivity index (χ2n) is 6.64. The summed E-state index contributed by atoms with van der Waals surface area (Å²) in [6, 6.07) is 15.8. The first-order valence-corrected chi connectivity index (χ1v) is 11.1. The van der Waals surface area contributed by atoms with Gasteiger partial charge < -0.3 is 4.90 Å². The monoisotopic (exact) mass is 410 g/mol. The van der Waals surface area contributed by atoms with Crippen molar-refractivity contribution in [2.75, 3.05) is 11.4 Å². The van der Waals surface area contributed by atoms with Gasteiger partial charge in [0.05, 0.1) is 28.6 Å². The topological polar surface area (TPSA) is 86.1 Å². The number of nitrogens with zero attached hydrogens (tertiary/aromatic N) is 3. The van der Waals surface area contributed by atoms with E-state index in [1.54, 1.807) is 53.2 Å². The minimum absolute atomic E-state index is 0.251. The molecule has 0 bridgehead atoms. The lowest BCUT2D eigenvalue weighted by atomic mass is 9.96. The van der Waals surface area contributed by atoms with E-state index in [1.165, 1.54) is 0 Å². The van der Waals surface area contributed by atoms with Crippen molar-refractivity contribution in [2.45, 2.75) is 23.9 Å². The minimum Gasteiger partial charge on any atom is -0.364 e. The fourth-order valence-electron chi connectivity index (χ4n) is 3.45. The van der Waals surface area contributed by atoms with Crippen LogP contribution in [0.5, 0.6) is 0 Å². The molecule has 3 aromatic rings. The van der Waals surface area contributed by atoms with Crippen molar-refractivity contribution in [2.24, 2.45) is 0 Å². The summed E-state index contributed by atoms with van der Waals surface area (Å²) in [5, 5.41) is 9.23. The Kier molecular flexibility index (Phi) is 5.13. The SMILES string of the molecule is N#Cc1ccc2c(c1)C[C@H](NS(=O)(=O)c1ccccc1)CN2Cc1cncs1. The molecule has 0 radical (unpaired) electrons. The summed E-state index contributed by atoms with van der Waals surface area (Å²) in [5.41, 5.74) is 4.36. The molecule has 2 heterocycles. The van der Waals surface area contributed by atoms with E-state index in [2.05, 4.69) is 20.7 Å². The Balaban J connectivity index is 1.63. The van der Waals surface area contributed by atoms with Gasteiger partial charge in [-0.05, 0) is 42.3 Å². The van der Waals surface area contributed by atoms with Crippen molar-refractivity contribution in [1.29, 1.82) is 5.26 Å². The van der Waals surface area contributed by atoms with Crippen LogP contribution in [0.25, 0.3) is 0 Å². The number of sulfonamides is 1. The van der Waals surface area contributed by atoms with Gasteiger partial charge in [-0.2, -0.15) is 5.26 Å². The third-order valence-corrected chi connectivity index (χ3v) is 6.96. The standard InChI is InChI=1S/C20H18N4O2S2/c21-10-15-6-7-20-16(8-15)9-17(12-24(20)13-18-11-22-14-27-18)23-28(25,26)19-4-2-1-3-5-19/h1-8,11,14,17,23H,9,12-13H2/t17-/m0/s1. The molecule has 8 heteroatoms. The zero-order valence-corrected chi connectivity index (χ0v) is 16.6. The maximum absolute atomic E-state index is 12.8. The fourth-order valence-corrected chi connectivity index (χ4v) is 5.30. The number of aromatic nitrogens is 1. The number of nitriles is 1. The second-order valence-corrected chi connectivity index (χ2v) is 9.32. The highest BCUT2D eigenvalue weighted by molar-refractivity contribution is 7.89. The summed E-state index contributed by atoms with van der Waals surface area (Å²) >= 11 is 1.57. The van der Waals surface area contributed by atoms with E-state index in [1.807, 2.05) is 18.3 Å². The minimum atomic E-state index is -3.61. The lowest BCUT2D eigenvalue weighted by molar-refractivity contribution is 0.525. The van der Waals surface area contributed by atoms with Crippen LogP contribution in [-0.2, 0) is 23.0 Å². The number of fused-ring (bicyclic) bond motifs is 1. The van der Waals surface area contributed by atoms with E-state index in [-0.39, 0.29) is 10.9 Å². The van der Waals surface area contributed by atoms with Crippen LogP contribution in [-0.4, -0.2) is 26.0 Å². The van der Waals surface area contributed by atoms with Gasteiger partial charge in [-0.1, -0.05) is 18.2 Å². The Labute approximate surface area is 168 Å². The molecule has 0 unspecified atom stereocenters. The molecular weight excluding hydrogens is 392 g/mol. The Morgan fingerprint density at radius 2 is 2.07 bits per heavy atom. The van der Waals surface area contributed by atoms with Crippen LogP contribution in [0, 0.1) is 11.3 Å². The number of thiazole rings is 1. The van der Waals surface area contributed by atoms with Gasteiger partial charge >= 0.3 is 0 Å². The van der Waals surface area contributed by atoms with Gasteiger partial charge in [0.25, 0.3) is 0 Å². The predicted octanol–water partition coefficient (Wildman–Crippen LogP) is 2.92. The maximum Gasteiger partial charge on any atom is 0.240 e. The van der Waals surface area contributed by atoms with Crippen LogP contribution in [0.1, 0.15) is 16.0 Å². The van der Waals surface area contributed by atoms with Crippen molar-refractivity contribution < 1.29 is 8.42 Å². The van der Waals surface area contributed by atoms with E-state index >= 15 is 0 Å². The molecule has 1 aliphatic rings. The first-order chi connectivity index (χ1) is 13.5. The molecule has 1 atom stereocenters. The van der Waals surface area contributed by atoms with Gasteiger partial charge in [0.15, 0.2) is 0 Å². The third-order valence-electron chi connectivity index (χ3n) is 4.66. The highest BCUT2D eigenvalue weighted by Gasteiger charge is 2.28. The van der Waals surface area contributed by atoms with Crippen molar-refractivity contribution >= 4 is 27.0 Å². The Hall–Kier alpha value is -2.73. The number of benzene rings is 2. The molecular formula is C20H18N4O2S2. The van der Waals surface area contributed by atoms with Crippen molar-refractivity contribution in [1.82, 2.24) is 9.71 Å². The maximum atomic E-state index is 12.8. The molecule has 1 aliphatic heterocycles. The molecule has 0 saturated heterocycles. The smallest absolute Gasteiger partial charge is 0.240 e. The molecule has 0 fully saturated rings. The van der Waals surface area contributed by atoms with Crippen LogP contribution >= 0.6 is 11.3 Å². The average molecular weight is 411 g/mol. The predicted molar refractivity (Wildman–Crippen MR) is 109 cm³/mol. The van der Waals surface area contributed by atoms with Crippen LogP contribution in [0.4, 0.5) is 5.69 Å².